The molecular weight excluding hydrogens is 328 g/mol. The molecule has 24 heavy (non-hydrogen) atoms. The Morgan fingerprint density at radius 1 is 1.25 bits per heavy atom. The fraction of sp³-hybridized carbons (Fsp3) is 0. The summed E-state index contributed by atoms with van der Waals surface area (Å²) in [5.74, 6) is 4.83. The Labute approximate surface area is 140 Å². The second-order valence-corrected chi connectivity index (χ2v) is 5.95. The average molecular weight is 340 g/mol. The molecule has 0 saturated heterocycles. The Kier molecular flexibility index (Phi) is 4.32. The first-order chi connectivity index (χ1) is 11.6. The summed E-state index contributed by atoms with van der Waals surface area (Å²) in [4.78, 5) is 27.4. The predicted molar refractivity (Wildman–Crippen MR) is 93.3 cm³/mol. The maximum Gasteiger partial charge on any atom is 0.324 e. The fourth-order valence-electron chi connectivity index (χ4n) is 2.24. The summed E-state index contributed by atoms with van der Waals surface area (Å²) in [6.07, 6.45) is 3.42. The van der Waals surface area contributed by atoms with Gasteiger partial charge in [0.25, 0.3) is 5.91 Å². The highest BCUT2D eigenvalue weighted by atomic mass is 32.1. The number of nitrogens with zero attached hydrogens (tertiary/aromatic N) is 2. The van der Waals surface area contributed by atoms with E-state index in [4.69, 9.17) is 5.84 Å². The zero-order valence-corrected chi connectivity index (χ0v) is 13.1. The maximum absolute atomic E-state index is 12.0. The standard InChI is InChI=1S/C16H12N4O3S/c17-19-16(21)13-9-10(18-14-4-2-1-3-12(13)14)5-6-11-7-8-15(24-11)20(22)23/h1-9H,17H2,(H,19,21)/b6-5+. The van der Waals surface area contributed by atoms with Crippen molar-refractivity contribution in [1.29, 1.82) is 0 Å². The third kappa shape index (κ3) is 3.14. The average Bonchev–Trinajstić information content (AvgIpc) is 3.08. The Hall–Kier alpha value is -3.10. The zero-order valence-electron chi connectivity index (χ0n) is 12.3. The van der Waals surface area contributed by atoms with Crippen molar-refractivity contribution < 1.29 is 9.72 Å². The quantitative estimate of drug-likeness (QED) is 0.328. The summed E-state index contributed by atoms with van der Waals surface area (Å²) in [6, 6.07) is 12.0. The number of rotatable bonds is 4. The third-order valence-electron chi connectivity index (χ3n) is 3.32. The molecular formula is C16H12N4O3S. The highest BCUT2D eigenvalue weighted by Gasteiger charge is 2.11. The smallest absolute Gasteiger partial charge is 0.290 e. The van der Waals surface area contributed by atoms with Crippen LogP contribution in [0.25, 0.3) is 23.1 Å². The number of hydrogen-bond donors (Lipinski definition) is 2. The van der Waals surface area contributed by atoms with Crippen LogP contribution in [0.2, 0.25) is 0 Å². The van der Waals surface area contributed by atoms with Crippen LogP contribution in [-0.2, 0) is 0 Å². The third-order valence-corrected chi connectivity index (χ3v) is 4.32. The molecule has 0 atom stereocenters. The number of amides is 1. The van der Waals surface area contributed by atoms with Crippen molar-refractivity contribution in [2.24, 2.45) is 5.84 Å². The molecule has 0 unspecified atom stereocenters. The molecule has 0 aliphatic carbocycles. The van der Waals surface area contributed by atoms with Crippen LogP contribution in [0, 0.1) is 10.1 Å². The highest BCUT2D eigenvalue weighted by molar-refractivity contribution is 7.16. The van der Waals surface area contributed by atoms with Gasteiger partial charge in [0.2, 0.25) is 0 Å². The first-order valence-electron chi connectivity index (χ1n) is 6.91. The summed E-state index contributed by atoms with van der Waals surface area (Å²) < 4.78 is 0. The van der Waals surface area contributed by atoms with Crippen LogP contribution in [0.5, 0.6) is 0 Å². The lowest BCUT2D eigenvalue weighted by Crippen LogP contribution is -2.30. The summed E-state index contributed by atoms with van der Waals surface area (Å²) in [7, 11) is 0. The summed E-state index contributed by atoms with van der Waals surface area (Å²) in [5, 5.41) is 11.5. The van der Waals surface area contributed by atoms with Crippen molar-refractivity contribution in [3.05, 3.63) is 68.7 Å². The molecule has 1 amide bonds. The van der Waals surface area contributed by atoms with Gasteiger partial charge in [-0.1, -0.05) is 29.5 Å². The van der Waals surface area contributed by atoms with Crippen molar-refractivity contribution in [3.63, 3.8) is 0 Å². The first kappa shape index (κ1) is 15.8. The lowest BCUT2D eigenvalue weighted by atomic mass is 10.1. The number of nitrogen functional groups attached to an aromatic ring is 1. The molecule has 120 valence electrons. The van der Waals surface area contributed by atoms with Crippen molar-refractivity contribution >= 4 is 45.3 Å². The fourth-order valence-corrected chi connectivity index (χ4v) is 2.97. The molecule has 0 saturated carbocycles. The van der Waals surface area contributed by atoms with E-state index < -0.39 is 10.8 Å². The van der Waals surface area contributed by atoms with Gasteiger partial charge >= 0.3 is 5.00 Å². The molecule has 2 heterocycles. The molecule has 1 aromatic carbocycles. The van der Waals surface area contributed by atoms with Gasteiger partial charge in [-0.2, -0.15) is 0 Å². The molecule has 0 fully saturated rings. The maximum atomic E-state index is 12.0. The van der Waals surface area contributed by atoms with E-state index in [1.54, 1.807) is 36.4 Å². The number of benzene rings is 1. The lowest BCUT2D eigenvalue weighted by molar-refractivity contribution is -0.380. The molecule has 7 nitrogen and oxygen atoms in total. The van der Waals surface area contributed by atoms with Crippen LogP contribution in [0.4, 0.5) is 5.00 Å². The molecule has 0 aliphatic rings. The van der Waals surface area contributed by atoms with Gasteiger partial charge in [0.05, 0.1) is 21.7 Å². The Morgan fingerprint density at radius 3 is 2.75 bits per heavy atom. The van der Waals surface area contributed by atoms with Crippen molar-refractivity contribution in [1.82, 2.24) is 10.4 Å². The molecule has 3 aromatic rings. The minimum atomic E-state index is -0.431. The number of nitrogens with one attached hydrogen (secondary N) is 1. The van der Waals surface area contributed by atoms with Crippen LogP contribution in [0.15, 0.2) is 42.5 Å². The van der Waals surface area contributed by atoms with E-state index in [0.29, 0.717) is 22.2 Å². The number of carbonyl (C=O) groups is 1. The van der Waals surface area contributed by atoms with Crippen LogP contribution >= 0.6 is 11.3 Å². The molecule has 2 aromatic heterocycles. The summed E-state index contributed by atoms with van der Waals surface area (Å²) in [6.45, 7) is 0. The number of nitro groups is 1. The summed E-state index contributed by atoms with van der Waals surface area (Å²) in [5.41, 5.74) is 3.76. The molecule has 3 rings (SSSR count). The number of para-hydroxylation sites is 1. The molecule has 0 aliphatic heterocycles. The highest BCUT2D eigenvalue weighted by Crippen LogP contribution is 2.26. The molecule has 0 spiro atoms. The normalized spacial score (nSPS) is 11.0. The van der Waals surface area contributed by atoms with Crippen LogP contribution in [0.3, 0.4) is 0 Å². The first-order valence-corrected chi connectivity index (χ1v) is 7.73. The number of hydrazine groups is 1. The lowest BCUT2D eigenvalue weighted by Gasteiger charge is -2.06. The van der Waals surface area contributed by atoms with Gasteiger partial charge in [-0.15, -0.1) is 0 Å². The van der Waals surface area contributed by atoms with Gasteiger partial charge in [0, 0.05) is 16.3 Å². The number of aromatic nitrogens is 1. The minimum absolute atomic E-state index is 0.0734. The van der Waals surface area contributed by atoms with Crippen LogP contribution in [-0.4, -0.2) is 15.8 Å². The van der Waals surface area contributed by atoms with Gasteiger partial charge in [-0.25, -0.2) is 10.8 Å². The zero-order chi connectivity index (χ0) is 17.1. The summed E-state index contributed by atoms with van der Waals surface area (Å²) >= 11 is 1.07. The van der Waals surface area contributed by atoms with E-state index in [-0.39, 0.29) is 5.00 Å². The van der Waals surface area contributed by atoms with E-state index in [2.05, 4.69) is 10.4 Å². The van der Waals surface area contributed by atoms with E-state index in [9.17, 15) is 14.9 Å². The van der Waals surface area contributed by atoms with Crippen LogP contribution < -0.4 is 11.3 Å². The molecule has 0 bridgehead atoms. The monoisotopic (exact) mass is 340 g/mol. The van der Waals surface area contributed by atoms with Gasteiger partial charge in [-0.05, 0) is 30.4 Å². The van der Waals surface area contributed by atoms with E-state index in [0.717, 1.165) is 16.2 Å². The Bertz CT molecular complexity index is 965. The van der Waals surface area contributed by atoms with E-state index in [1.165, 1.54) is 6.07 Å². The number of fused-ring (bicyclic) bond motifs is 1. The second-order valence-electron chi connectivity index (χ2n) is 4.85. The SMILES string of the molecule is NNC(=O)c1cc(/C=C/c2ccc([N+](=O)[O-])s2)nc2ccccc12. The molecule has 0 radical (unpaired) electrons. The van der Waals surface area contributed by atoms with Gasteiger partial charge in [0.15, 0.2) is 0 Å². The largest absolute Gasteiger partial charge is 0.324 e. The van der Waals surface area contributed by atoms with Gasteiger partial charge in [-0.3, -0.25) is 20.3 Å². The number of carbonyl (C=O) groups excluding carboxylic acids is 1. The van der Waals surface area contributed by atoms with Gasteiger partial charge < -0.3 is 0 Å². The van der Waals surface area contributed by atoms with Crippen LogP contribution in [0.1, 0.15) is 20.9 Å². The van der Waals surface area contributed by atoms with Crippen molar-refractivity contribution in [2.75, 3.05) is 0 Å². The topological polar surface area (TPSA) is 111 Å². The number of pyridine rings is 1. The number of thiophene rings is 1. The number of hydrogen-bond acceptors (Lipinski definition) is 6. The van der Waals surface area contributed by atoms with E-state index >= 15 is 0 Å². The van der Waals surface area contributed by atoms with Gasteiger partial charge in [0.1, 0.15) is 0 Å². The number of nitrogens with two attached hydrogens (primary N) is 1. The predicted octanol–water partition coefficient (Wildman–Crippen LogP) is 2.98. The second kappa shape index (κ2) is 6.57. The van der Waals surface area contributed by atoms with Crippen molar-refractivity contribution in [2.45, 2.75) is 0 Å². The van der Waals surface area contributed by atoms with Crippen molar-refractivity contribution in [3.8, 4) is 0 Å². The minimum Gasteiger partial charge on any atom is -0.290 e. The molecule has 8 heteroatoms. The Morgan fingerprint density at radius 2 is 2.04 bits per heavy atom. The van der Waals surface area contributed by atoms with E-state index in [1.807, 2.05) is 12.1 Å². The molecule has 3 N–H and O–H groups in total. The Balaban J connectivity index is 2.01.